The summed E-state index contributed by atoms with van der Waals surface area (Å²) in [5.41, 5.74) is 0.580. The van der Waals surface area contributed by atoms with Gasteiger partial charge in [0.1, 0.15) is 11.1 Å². The van der Waals surface area contributed by atoms with Crippen LogP contribution in [-0.4, -0.2) is 14.8 Å². The molecule has 0 spiro atoms. The molecule has 2 heterocycles. The van der Waals surface area contributed by atoms with E-state index >= 15 is 0 Å². The zero-order chi connectivity index (χ0) is 9.10. The minimum Gasteiger partial charge on any atom is -0.265 e. The third kappa shape index (κ3) is 1.73. The van der Waals surface area contributed by atoms with Crippen LogP contribution in [0.5, 0.6) is 0 Å². The van der Waals surface area contributed by atoms with Crippen molar-refractivity contribution in [1.29, 1.82) is 5.26 Å². The molecule has 0 aromatic carbocycles. The summed E-state index contributed by atoms with van der Waals surface area (Å²) in [6.07, 6.45) is 5.02. The monoisotopic (exact) mass is 190 g/mol. The molecule has 0 N–H and O–H groups in total. The third-order valence-electron chi connectivity index (χ3n) is 1.54. The highest BCUT2D eigenvalue weighted by Gasteiger charge is 1.99. The van der Waals surface area contributed by atoms with E-state index in [0.29, 0.717) is 12.1 Å². The van der Waals surface area contributed by atoms with Gasteiger partial charge in [-0.3, -0.25) is 4.68 Å². The minimum absolute atomic E-state index is 0.580. The highest BCUT2D eigenvalue weighted by atomic mass is 32.1. The van der Waals surface area contributed by atoms with Crippen molar-refractivity contribution in [1.82, 2.24) is 14.8 Å². The van der Waals surface area contributed by atoms with Crippen LogP contribution in [0.25, 0.3) is 0 Å². The van der Waals surface area contributed by atoms with Crippen molar-refractivity contribution in [3.63, 3.8) is 0 Å². The summed E-state index contributed by atoms with van der Waals surface area (Å²) in [7, 11) is 0. The van der Waals surface area contributed by atoms with Crippen LogP contribution in [0.4, 0.5) is 0 Å². The predicted octanol–water partition coefficient (Wildman–Crippen LogP) is 1.26. The number of hydrogen-bond acceptors (Lipinski definition) is 4. The second kappa shape index (κ2) is 3.37. The Balaban J connectivity index is 2.15. The fourth-order valence-corrected chi connectivity index (χ4v) is 1.58. The molecule has 0 unspecified atom stereocenters. The van der Waals surface area contributed by atoms with Gasteiger partial charge in [0.25, 0.3) is 0 Å². The molecule has 0 saturated carbocycles. The smallest absolute Gasteiger partial charge is 0.114 e. The van der Waals surface area contributed by atoms with E-state index in [9.17, 15) is 0 Å². The van der Waals surface area contributed by atoms with Gasteiger partial charge in [-0.25, -0.2) is 4.98 Å². The highest BCUT2D eigenvalue weighted by Crippen LogP contribution is 2.06. The minimum atomic E-state index is 0.580. The number of nitriles is 1. The molecule has 0 amide bonds. The standard InChI is InChI=1S/C8H6N4S/c9-3-7-4-11-12(5-7)6-8-10-1-2-13-8/h1-2,4-5H,6H2. The van der Waals surface area contributed by atoms with Crippen LogP contribution >= 0.6 is 11.3 Å². The Kier molecular flexibility index (Phi) is 2.06. The maximum Gasteiger partial charge on any atom is 0.114 e. The highest BCUT2D eigenvalue weighted by molar-refractivity contribution is 7.09. The van der Waals surface area contributed by atoms with Crippen molar-refractivity contribution in [3.8, 4) is 6.07 Å². The molecule has 0 radical (unpaired) electrons. The molecule has 0 aliphatic heterocycles. The van der Waals surface area contributed by atoms with Crippen LogP contribution in [0.3, 0.4) is 0 Å². The van der Waals surface area contributed by atoms with Crippen molar-refractivity contribution in [2.24, 2.45) is 0 Å². The van der Waals surface area contributed by atoms with Gasteiger partial charge >= 0.3 is 0 Å². The molecule has 0 atom stereocenters. The van der Waals surface area contributed by atoms with Crippen molar-refractivity contribution < 1.29 is 0 Å². The van der Waals surface area contributed by atoms with Crippen LogP contribution < -0.4 is 0 Å². The van der Waals surface area contributed by atoms with Crippen LogP contribution in [0.2, 0.25) is 0 Å². The molecule has 5 heteroatoms. The first-order valence-electron chi connectivity index (χ1n) is 3.69. The summed E-state index contributed by atoms with van der Waals surface area (Å²) in [5.74, 6) is 0. The lowest BCUT2D eigenvalue weighted by atomic mass is 10.4. The number of hydrogen-bond donors (Lipinski definition) is 0. The Morgan fingerprint density at radius 1 is 1.62 bits per heavy atom. The second-order valence-electron chi connectivity index (χ2n) is 2.46. The summed E-state index contributed by atoms with van der Waals surface area (Å²) < 4.78 is 1.71. The quantitative estimate of drug-likeness (QED) is 0.716. The van der Waals surface area contributed by atoms with E-state index < -0.39 is 0 Å². The summed E-state index contributed by atoms with van der Waals surface area (Å²) in [4.78, 5) is 4.12. The number of aromatic nitrogens is 3. The largest absolute Gasteiger partial charge is 0.265 e. The second-order valence-corrected chi connectivity index (χ2v) is 3.44. The molecule has 2 rings (SSSR count). The Morgan fingerprint density at radius 2 is 2.54 bits per heavy atom. The fourth-order valence-electron chi connectivity index (χ4n) is 0.977. The first kappa shape index (κ1) is 7.95. The lowest BCUT2D eigenvalue weighted by Gasteiger charge is -1.94. The zero-order valence-electron chi connectivity index (χ0n) is 6.71. The van der Waals surface area contributed by atoms with Crippen molar-refractivity contribution in [3.05, 3.63) is 34.5 Å². The lowest BCUT2D eigenvalue weighted by Crippen LogP contribution is -1.98. The summed E-state index contributed by atoms with van der Waals surface area (Å²) in [5, 5.41) is 15.5. The molecule has 2 aromatic heterocycles. The predicted molar refractivity (Wildman–Crippen MR) is 48.2 cm³/mol. The van der Waals surface area contributed by atoms with Crippen LogP contribution in [-0.2, 0) is 6.54 Å². The maximum atomic E-state index is 8.56. The number of rotatable bonds is 2. The van der Waals surface area contributed by atoms with E-state index in [1.165, 1.54) is 0 Å². The lowest BCUT2D eigenvalue weighted by molar-refractivity contribution is 0.683. The fraction of sp³-hybridized carbons (Fsp3) is 0.125. The van der Waals surface area contributed by atoms with Gasteiger partial charge in [-0.2, -0.15) is 10.4 Å². The molecular formula is C8H6N4S. The zero-order valence-corrected chi connectivity index (χ0v) is 7.53. The SMILES string of the molecule is N#Cc1cnn(Cc2nccs2)c1. The van der Waals surface area contributed by atoms with Gasteiger partial charge in [-0.05, 0) is 0 Å². The van der Waals surface area contributed by atoms with E-state index in [2.05, 4.69) is 10.1 Å². The van der Waals surface area contributed by atoms with Crippen LogP contribution in [0, 0.1) is 11.3 Å². The van der Waals surface area contributed by atoms with E-state index in [1.54, 1.807) is 34.6 Å². The Bertz CT molecular complexity index is 423. The van der Waals surface area contributed by atoms with Gasteiger partial charge in [0.05, 0.1) is 18.3 Å². The van der Waals surface area contributed by atoms with Crippen LogP contribution in [0.15, 0.2) is 24.0 Å². The molecule has 0 saturated heterocycles. The summed E-state index contributed by atoms with van der Waals surface area (Å²) in [6, 6.07) is 2.03. The van der Waals surface area contributed by atoms with Gasteiger partial charge in [0.15, 0.2) is 0 Å². The normalized spacial score (nSPS) is 9.77. The molecule has 64 valence electrons. The van der Waals surface area contributed by atoms with Crippen molar-refractivity contribution in [2.45, 2.75) is 6.54 Å². The summed E-state index contributed by atoms with van der Waals surface area (Å²) >= 11 is 1.58. The van der Waals surface area contributed by atoms with Gasteiger partial charge < -0.3 is 0 Å². The van der Waals surface area contributed by atoms with Gasteiger partial charge in [0.2, 0.25) is 0 Å². The Hall–Kier alpha value is -1.67. The van der Waals surface area contributed by atoms with E-state index in [0.717, 1.165) is 5.01 Å². The topological polar surface area (TPSA) is 54.5 Å². The van der Waals surface area contributed by atoms with Gasteiger partial charge in [-0.15, -0.1) is 11.3 Å². The maximum absolute atomic E-state index is 8.56. The Labute approximate surface area is 79.1 Å². The molecule has 0 fully saturated rings. The molecule has 0 aliphatic rings. The number of thiazole rings is 1. The molecular weight excluding hydrogens is 184 g/mol. The molecule has 2 aromatic rings. The van der Waals surface area contributed by atoms with Gasteiger partial charge in [-0.1, -0.05) is 0 Å². The molecule has 0 bridgehead atoms. The first-order valence-corrected chi connectivity index (χ1v) is 4.57. The molecule has 0 aliphatic carbocycles. The average Bonchev–Trinajstić information content (AvgIpc) is 2.76. The van der Waals surface area contributed by atoms with E-state index in [1.807, 2.05) is 11.4 Å². The van der Waals surface area contributed by atoms with Crippen molar-refractivity contribution >= 4 is 11.3 Å². The molecule has 4 nitrogen and oxygen atoms in total. The average molecular weight is 190 g/mol. The number of nitrogens with zero attached hydrogens (tertiary/aromatic N) is 4. The van der Waals surface area contributed by atoms with Gasteiger partial charge in [0, 0.05) is 17.8 Å². The third-order valence-corrected chi connectivity index (χ3v) is 2.31. The Morgan fingerprint density at radius 3 is 3.15 bits per heavy atom. The summed E-state index contributed by atoms with van der Waals surface area (Å²) in [6.45, 7) is 0.638. The molecule has 13 heavy (non-hydrogen) atoms. The first-order chi connectivity index (χ1) is 6.38. The van der Waals surface area contributed by atoms with Crippen LogP contribution in [0.1, 0.15) is 10.6 Å². The van der Waals surface area contributed by atoms with E-state index in [-0.39, 0.29) is 0 Å². The van der Waals surface area contributed by atoms with E-state index in [4.69, 9.17) is 5.26 Å². The van der Waals surface area contributed by atoms with Crippen molar-refractivity contribution in [2.75, 3.05) is 0 Å².